The summed E-state index contributed by atoms with van der Waals surface area (Å²) in [5.74, 6) is 0. The molecule has 75 valence electrons. The van der Waals surface area contributed by atoms with E-state index in [1.807, 2.05) is 20.8 Å². The van der Waals surface area contributed by atoms with Gasteiger partial charge >= 0.3 is 7.48 Å². The van der Waals surface area contributed by atoms with Gasteiger partial charge in [0.1, 0.15) is 0 Å². The van der Waals surface area contributed by atoms with E-state index in [4.69, 9.17) is 4.65 Å². The second kappa shape index (κ2) is 4.29. The van der Waals surface area contributed by atoms with Crippen LogP contribution >= 0.6 is 0 Å². The maximum absolute atomic E-state index is 9.76. The normalized spacial score (nSPS) is 12.8. The summed E-state index contributed by atoms with van der Waals surface area (Å²) in [5.41, 5.74) is -0.528. The van der Waals surface area contributed by atoms with Crippen molar-refractivity contribution in [1.29, 1.82) is 0 Å². The molecule has 0 fully saturated rings. The van der Waals surface area contributed by atoms with E-state index in [1.165, 1.54) is 0 Å². The van der Waals surface area contributed by atoms with E-state index >= 15 is 0 Å². The van der Waals surface area contributed by atoms with Crippen LogP contribution in [-0.4, -0.2) is 23.8 Å². The van der Waals surface area contributed by atoms with Gasteiger partial charge in [-0.25, -0.2) is 0 Å². The first-order chi connectivity index (χ1) is 5.70. The SMILES string of the molecule is C=C([B]OC(C)(C)C(C)(C)O)CC. The van der Waals surface area contributed by atoms with Gasteiger partial charge in [-0.1, -0.05) is 12.4 Å². The Morgan fingerprint density at radius 3 is 2.15 bits per heavy atom. The summed E-state index contributed by atoms with van der Waals surface area (Å²) in [6.45, 7) is 13.0. The van der Waals surface area contributed by atoms with Crippen LogP contribution in [-0.2, 0) is 4.65 Å². The van der Waals surface area contributed by atoms with Gasteiger partial charge in [-0.15, -0.1) is 6.58 Å². The molecular formula is C10H20BO2. The molecule has 0 bridgehead atoms. The minimum absolute atomic E-state index is 0.592. The average molecular weight is 183 g/mol. The summed E-state index contributed by atoms with van der Waals surface area (Å²) >= 11 is 0. The topological polar surface area (TPSA) is 29.5 Å². The van der Waals surface area contributed by atoms with Crippen molar-refractivity contribution < 1.29 is 9.76 Å². The van der Waals surface area contributed by atoms with Crippen molar-refractivity contribution in [3.8, 4) is 0 Å². The van der Waals surface area contributed by atoms with Gasteiger partial charge in [0.25, 0.3) is 0 Å². The third kappa shape index (κ3) is 3.96. The lowest BCUT2D eigenvalue weighted by Crippen LogP contribution is -2.48. The zero-order valence-electron chi connectivity index (χ0n) is 9.35. The quantitative estimate of drug-likeness (QED) is 0.661. The van der Waals surface area contributed by atoms with Crippen LogP contribution in [0.25, 0.3) is 0 Å². The Balaban J connectivity index is 4.12. The van der Waals surface area contributed by atoms with Crippen molar-refractivity contribution in [3.05, 3.63) is 12.1 Å². The van der Waals surface area contributed by atoms with Crippen molar-refractivity contribution in [3.63, 3.8) is 0 Å². The van der Waals surface area contributed by atoms with Crippen molar-refractivity contribution in [2.45, 2.75) is 52.2 Å². The van der Waals surface area contributed by atoms with Crippen molar-refractivity contribution in [2.75, 3.05) is 0 Å². The molecule has 0 aliphatic heterocycles. The summed E-state index contributed by atoms with van der Waals surface area (Å²) < 4.78 is 5.47. The van der Waals surface area contributed by atoms with Crippen LogP contribution in [0.5, 0.6) is 0 Å². The Morgan fingerprint density at radius 2 is 1.85 bits per heavy atom. The van der Waals surface area contributed by atoms with Gasteiger partial charge in [0.2, 0.25) is 0 Å². The van der Waals surface area contributed by atoms with E-state index < -0.39 is 11.2 Å². The van der Waals surface area contributed by atoms with E-state index in [1.54, 1.807) is 21.3 Å². The summed E-state index contributed by atoms with van der Waals surface area (Å²) in [5, 5.41) is 9.76. The van der Waals surface area contributed by atoms with Gasteiger partial charge < -0.3 is 9.76 Å². The second-order valence-corrected chi connectivity index (χ2v) is 4.32. The maximum atomic E-state index is 9.76. The lowest BCUT2D eigenvalue weighted by atomic mass is 9.82. The number of rotatable bonds is 5. The largest absolute Gasteiger partial charge is 0.427 e. The molecule has 0 heterocycles. The van der Waals surface area contributed by atoms with Crippen LogP contribution in [0.15, 0.2) is 12.1 Å². The average Bonchev–Trinajstić information content (AvgIpc) is 1.98. The molecule has 2 nitrogen and oxygen atoms in total. The first-order valence-corrected chi connectivity index (χ1v) is 4.62. The minimum atomic E-state index is -0.864. The van der Waals surface area contributed by atoms with Gasteiger partial charge in [0.05, 0.1) is 11.2 Å². The number of allylic oxidation sites excluding steroid dienone is 1. The number of hydrogen-bond acceptors (Lipinski definition) is 2. The monoisotopic (exact) mass is 183 g/mol. The standard InChI is InChI=1S/C10H20BO2/c1-7-8(2)11-13-10(5,6)9(3,4)12/h12H,2,7H2,1,3-6H3. The summed E-state index contributed by atoms with van der Waals surface area (Å²) in [4.78, 5) is 0. The summed E-state index contributed by atoms with van der Waals surface area (Å²) in [7, 11) is 1.62. The Morgan fingerprint density at radius 1 is 1.38 bits per heavy atom. The highest BCUT2D eigenvalue weighted by Gasteiger charge is 2.35. The second-order valence-electron chi connectivity index (χ2n) is 4.32. The third-order valence-corrected chi connectivity index (χ3v) is 2.45. The third-order valence-electron chi connectivity index (χ3n) is 2.45. The van der Waals surface area contributed by atoms with Gasteiger partial charge in [0.15, 0.2) is 0 Å². The highest BCUT2D eigenvalue weighted by molar-refractivity contribution is 6.37. The Kier molecular flexibility index (Phi) is 4.20. The van der Waals surface area contributed by atoms with Crippen LogP contribution in [0.1, 0.15) is 41.0 Å². The van der Waals surface area contributed by atoms with Crippen molar-refractivity contribution in [2.24, 2.45) is 0 Å². The van der Waals surface area contributed by atoms with Crippen LogP contribution < -0.4 is 0 Å². The first-order valence-electron chi connectivity index (χ1n) is 4.62. The zero-order chi connectivity index (χ0) is 10.7. The maximum Gasteiger partial charge on any atom is 0.325 e. The molecule has 0 saturated heterocycles. The van der Waals surface area contributed by atoms with Crippen LogP contribution in [0.2, 0.25) is 0 Å². The molecular weight excluding hydrogens is 163 g/mol. The fourth-order valence-electron chi connectivity index (χ4n) is 0.458. The Labute approximate surface area is 82.3 Å². The molecule has 0 atom stereocenters. The van der Waals surface area contributed by atoms with Gasteiger partial charge in [-0.3, -0.25) is 0 Å². The number of hydrogen-bond donors (Lipinski definition) is 1. The molecule has 0 aromatic carbocycles. The molecule has 0 unspecified atom stereocenters. The molecule has 0 rings (SSSR count). The molecule has 1 N–H and O–H groups in total. The molecule has 0 saturated carbocycles. The van der Waals surface area contributed by atoms with Gasteiger partial charge in [-0.05, 0) is 34.1 Å². The van der Waals surface area contributed by atoms with E-state index in [9.17, 15) is 5.11 Å². The van der Waals surface area contributed by atoms with Crippen LogP contribution in [0.4, 0.5) is 0 Å². The van der Waals surface area contributed by atoms with E-state index in [0.29, 0.717) is 0 Å². The zero-order valence-corrected chi connectivity index (χ0v) is 9.35. The molecule has 0 aliphatic rings. The van der Waals surface area contributed by atoms with Crippen LogP contribution in [0.3, 0.4) is 0 Å². The molecule has 0 spiro atoms. The molecule has 1 radical (unpaired) electrons. The van der Waals surface area contributed by atoms with E-state index in [0.717, 1.165) is 11.9 Å². The molecule has 0 aromatic rings. The molecule has 0 aromatic heterocycles. The van der Waals surface area contributed by atoms with Crippen LogP contribution in [0, 0.1) is 0 Å². The first kappa shape index (κ1) is 12.7. The highest BCUT2D eigenvalue weighted by Crippen LogP contribution is 2.24. The predicted octanol–water partition coefficient (Wildman–Crippen LogP) is 2.10. The summed E-state index contributed by atoms with van der Waals surface area (Å²) in [6.07, 6.45) is 0.863. The molecule has 0 amide bonds. The summed E-state index contributed by atoms with van der Waals surface area (Å²) in [6, 6.07) is 0. The minimum Gasteiger partial charge on any atom is -0.427 e. The van der Waals surface area contributed by atoms with E-state index in [-0.39, 0.29) is 0 Å². The highest BCUT2D eigenvalue weighted by atomic mass is 16.5. The Bertz CT molecular complexity index is 180. The molecule has 3 heteroatoms. The van der Waals surface area contributed by atoms with Crippen molar-refractivity contribution in [1.82, 2.24) is 0 Å². The predicted molar refractivity (Wildman–Crippen MR) is 56.6 cm³/mol. The fourth-order valence-corrected chi connectivity index (χ4v) is 0.458. The lowest BCUT2D eigenvalue weighted by molar-refractivity contribution is -0.0897. The fraction of sp³-hybridized carbons (Fsp3) is 0.800. The lowest BCUT2D eigenvalue weighted by Gasteiger charge is -2.37. The number of aliphatic hydroxyl groups is 1. The molecule has 0 aliphatic carbocycles. The van der Waals surface area contributed by atoms with Gasteiger partial charge in [0, 0.05) is 0 Å². The Hall–Kier alpha value is -0.275. The smallest absolute Gasteiger partial charge is 0.325 e. The molecule has 13 heavy (non-hydrogen) atoms. The van der Waals surface area contributed by atoms with Crippen molar-refractivity contribution >= 4 is 7.48 Å². The van der Waals surface area contributed by atoms with E-state index in [2.05, 4.69) is 6.58 Å². The van der Waals surface area contributed by atoms with Gasteiger partial charge in [-0.2, -0.15) is 0 Å².